The third-order valence-corrected chi connectivity index (χ3v) is 5.07. The van der Waals surface area contributed by atoms with E-state index in [9.17, 15) is 0 Å². The fraction of sp³-hybridized carbons (Fsp3) is 1.00. The van der Waals surface area contributed by atoms with Gasteiger partial charge in [-0.3, -0.25) is 0 Å². The normalized spacial score (nSPS) is 32.8. The fourth-order valence-electron chi connectivity index (χ4n) is 3.75. The Labute approximate surface area is 111 Å². The first-order valence-electron chi connectivity index (χ1n) is 7.95. The minimum absolute atomic E-state index is 0.165. The van der Waals surface area contributed by atoms with Gasteiger partial charge < -0.3 is 15.0 Å². The second kappa shape index (κ2) is 5.48. The number of rotatable bonds is 4. The van der Waals surface area contributed by atoms with Crippen LogP contribution >= 0.6 is 0 Å². The number of nitrogens with one attached hydrogen (secondary N) is 1. The van der Waals surface area contributed by atoms with Gasteiger partial charge in [-0.15, -0.1) is 0 Å². The molecule has 0 bridgehead atoms. The van der Waals surface area contributed by atoms with Crippen LogP contribution in [-0.2, 0) is 4.74 Å². The van der Waals surface area contributed by atoms with Crippen molar-refractivity contribution in [1.29, 1.82) is 0 Å². The molecule has 0 aromatic heterocycles. The Morgan fingerprint density at radius 2 is 2.06 bits per heavy atom. The Hall–Kier alpha value is -0.120. The molecule has 1 atom stereocenters. The Bertz CT molecular complexity index is 270. The average molecular weight is 252 g/mol. The van der Waals surface area contributed by atoms with Crippen molar-refractivity contribution in [3.05, 3.63) is 0 Å². The van der Waals surface area contributed by atoms with Gasteiger partial charge in [0, 0.05) is 31.7 Å². The van der Waals surface area contributed by atoms with Crippen LogP contribution in [-0.4, -0.2) is 48.8 Å². The van der Waals surface area contributed by atoms with Crippen LogP contribution in [0.4, 0.5) is 0 Å². The molecule has 0 amide bonds. The standard InChI is InChI=1S/C15H28N2O/c1-2-3-4-14-15(18-12-9-16-14)7-10-17(11-8-15)13-5-6-13/h13-14,16H,2-12H2,1H3. The van der Waals surface area contributed by atoms with Crippen molar-refractivity contribution in [2.24, 2.45) is 0 Å². The SMILES string of the molecule is CCCCC1NCCOC12CCN(C1CC1)CC2. The molecule has 2 saturated heterocycles. The average Bonchev–Trinajstić information content (AvgIpc) is 3.23. The molecule has 1 aliphatic carbocycles. The molecule has 104 valence electrons. The van der Waals surface area contributed by atoms with E-state index in [1.165, 1.54) is 58.0 Å². The van der Waals surface area contributed by atoms with Crippen molar-refractivity contribution in [3.8, 4) is 0 Å². The third-order valence-electron chi connectivity index (χ3n) is 5.07. The van der Waals surface area contributed by atoms with Gasteiger partial charge in [-0.2, -0.15) is 0 Å². The highest BCUT2D eigenvalue weighted by Gasteiger charge is 2.45. The van der Waals surface area contributed by atoms with Crippen molar-refractivity contribution in [2.45, 2.75) is 69.6 Å². The first-order chi connectivity index (χ1) is 8.84. The topological polar surface area (TPSA) is 24.5 Å². The van der Waals surface area contributed by atoms with Crippen LogP contribution in [0.25, 0.3) is 0 Å². The fourth-order valence-corrected chi connectivity index (χ4v) is 3.75. The van der Waals surface area contributed by atoms with Crippen LogP contribution in [0.5, 0.6) is 0 Å². The molecule has 2 heterocycles. The van der Waals surface area contributed by atoms with Gasteiger partial charge >= 0.3 is 0 Å². The summed E-state index contributed by atoms with van der Waals surface area (Å²) in [5.74, 6) is 0. The van der Waals surface area contributed by atoms with Crippen molar-refractivity contribution >= 4 is 0 Å². The number of unbranched alkanes of at least 4 members (excludes halogenated alkanes) is 1. The van der Waals surface area contributed by atoms with E-state index in [4.69, 9.17) is 4.74 Å². The number of likely N-dealkylation sites (tertiary alicyclic amines) is 1. The van der Waals surface area contributed by atoms with Gasteiger partial charge in [-0.1, -0.05) is 19.8 Å². The highest BCUT2D eigenvalue weighted by atomic mass is 16.5. The van der Waals surface area contributed by atoms with E-state index >= 15 is 0 Å². The first-order valence-corrected chi connectivity index (χ1v) is 7.95. The van der Waals surface area contributed by atoms with E-state index in [2.05, 4.69) is 17.1 Å². The monoisotopic (exact) mass is 252 g/mol. The maximum atomic E-state index is 6.28. The van der Waals surface area contributed by atoms with Crippen molar-refractivity contribution in [1.82, 2.24) is 10.2 Å². The van der Waals surface area contributed by atoms with Gasteiger partial charge in [-0.25, -0.2) is 0 Å². The Morgan fingerprint density at radius 3 is 2.72 bits per heavy atom. The van der Waals surface area contributed by atoms with Crippen LogP contribution in [0.3, 0.4) is 0 Å². The Balaban J connectivity index is 1.59. The van der Waals surface area contributed by atoms with Gasteiger partial charge in [0.05, 0.1) is 12.2 Å². The molecule has 3 rings (SSSR count). The molecule has 1 N–H and O–H groups in total. The number of morpholine rings is 1. The molecule has 1 spiro atoms. The summed E-state index contributed by atoms with van der Waals surface area (Å²) in [5, 5.41) is 3.73. The summed E-state index contributed by atoms with van der Waals surface area (Å²) in [7, 11) is 0. The molecule has 3 aliphatic rings. The second-order valence-electron chi connectivity index (χ2n) is 6.33. The molecule has 2 aliphatic heterocycles. The molecule has 3 fully saturated rings. The summed E-state index contributed by atoms with van der Waals surface area (Å²) in [5.41, 5.74) is 0.165. The largest absolute Gasteiger partial charge is 0.372 e. The van der Waals surface area contributed by atoms with Gasteiger partial charge in [-0.05, 0) is 32.1 Å². The lowest BCUT2D eigenvalue weighted by Gasteiger charge is -2.49. The number of nitrogens with zero attached hydrogens (tertiary/aromatic N) is 1. The maximum Gasteiger partial charge on any atom is 0.0859 e. The van der Waals surface area contributed by atoms with Crippen molar-refractivity contribution < 1.29 is 4.74 Å². The summed E-state index contributed by atoms with van der Waals surface area (Å²) < 4.78 is 6.28. The first kappa shape index (κ1) is 12.9. The van der Waals surface area contributed by atoms with Gasteiger partial charge in [0.15, 0.2) is 0 Å². The highest BCUT2D eigenvalue weighted by Crippen LogP contribution is 2.37. The number of piperidine rings is 1. The minimum atomic E-state index is 0.165. The Morgan fingerprint density at radius 1 is 1.28 bits per heavy atom. The lowest BCUT2D eigenvalue weighted by molar-refractivity contribution is -0.130. The summed E-state index contributed by atoms with van der Waals surface area (Å²) >= 11 is 0. The zero-order valence-electron chi connectivity index (χ0n) is 11.8. The van der Waals surface area contributed by atoms with Gasteiger partial charge in [0.2, 0.25) is 0 Å². The molecular weight excluding hydrogens is 224 g/mol. The quantitative estimate of drug-likeness (QED) is 0.830. The second-order valence-corrected chi connectivity index (χ2v) is 6.33. The molecule has 0 aromatic rings. The van der Waals surface area contributed by atoms with Crippen LogP contribution in [0.15, 0.2) is 0 Å². The van der Waals surface area contributed by atoms with E-state index in [1.54, 1.807) is 0 Å². The summed E-state index contributed by atoms with van der Waals surface area (Å²) in [6.45, 7) is 6.75. The van der Waals surface area contributed by atoms with Crippen LogP contribution in [0, 0.1) is 0 Å². The molecule has 18 heavy (non-hydrogen) atoms. The maximum absolute atomic E-state index is 6.28. The highest BCUT2D eigenvalue weighted by molar-refractivity contribution is 5.01. The molecule has 0 aromatic carbocycles. The lowest BCUT2D eigenvalue weighted by atomic mass is 9.80. The molecule has 3 heteroatoms. The Kier molecular flexibility index (Phi) is 3.92. The van der Waals surface area contributed by atoms with Crippen LogP contribution in [0.2, 0.25) is 0 Å². The molecular formula is C15H28N2O. The van der Waals surface area contributed by atoms with E-state index in [1.807, 2.05) is 0 Å². The predicted molar refractivity (Wildman–Crippen MR) is 73.8 cm³/mol. The predicted octanol–water partition coefficient (Wildman–Crippen LogP) is 2.16. The van der Waals surface area contributed by atoms with E-state index in [0.717, 1.165) is 19.2 Å². The summed E-state index contributed by atoms with van der Waals surface area (Å²) in [4.78, 5) is 2.69. The third kappa shape index (κ3) is 2.59. The zero-order valence-corrected chi connectivity index (χ0v) is 11.8. The smallest absolute Gasteiger partial charge is 0.0859 e. The number of hydrogen-bond acceptors (Lipinski definition) is 3. The van der Waals surface area contributed by atoms with Gasteiger partial charge in [0.25, 0.3) is 0 Å². The van der Waals surface area contributed by atoms with Crippen molar-refractivity contribution in [3.63, 3.8) is 0 Å². The molecule has 1 unspecified atom stereocenters. The minimum Gasteiger partial charge on any atom is -0.372 e. The summed E-state index contributed by atoms with van der Waals surface area (Å²) in [6, 6.07) is 1.53. The van der Waals surface area contributed by atoms with Gasteiger partial charge in [0.1, 0.15) is 0 Å². The number of ether oxygens (including phenoxy) is 1. The number of hydrogen-bond donors (Lipinski definition) is 1. The van der Waals surface area contributed by atoms with Crippen LogP contribution < -0.4 is 5.32 Å². The van der Waals surface area contributed by atoms with E-state index in [0.29, 0.717) is 6.04 Å². The molecule has 3 nitrogen and oxygen atoms in total. The van der Waals surface area contributed by atoms with E-state index in [-0.39, 0.29) is 5.60 Å². The van der Waals surface area contributed by atoms with Crippen molar-refractivity contribution in [2.75, 3.05) is 26.2 Å². The molecule has 1 saturated carbocycles. The van der Waals surface area contributed by atoms with E-state index < -0.39 is 0 Å². The summed E-state index contributed by atoms with van der Waals surface area (Å²) in [6.07, 6.45) is 9.27. The van der Waals surface area contributed by atoms with Crippen LogP contribution in [0.1, 0.15) is 51.9 Å². The molecule has 0 radical (unpaired) electrons. The zero-order chi connectivity index (χ0) is 12.4. The lowest BCUT2D eigenvalue weighted by Crippen LogP contribution is -2.62.